The van der Waals surface area contributed by atoms with Gasteiger partial charge in [0, 0.05) is 5.56 Å². The van der Waals surface area contributed by atoms with E-state index < -0.39 is 0 Å². The minimum Gasteiger partial charge on any atom is -0.236 e. The first kappa shape index (κ1) is 22.6. The van der Waals surface area contributed by atoms with Gasteiger partial charge in [0.1, 0.15) is 10.7 Å². The van der Waals surface area contributed by atoms with Crippen LogP contribution in [0.15, 0.2) is 121 Å². The summed E-state index contributed by atoms with van der Waals surface area (Å²) in [6, 6.07) is 43.0. The van der Waals surface area contributed by atoms with E-state index in [9.17, 15) is 0 Å². The van der Waals surface area contributed by atoms with Crippen molar-refractivity contribution in [3.63, 3.8) is 0 Å². The largest absolute Gasteiger partial charge is 0.295 e. The van der Waals surface area contributed by atoms with E-state index in [4.69, 9.17) is 4.98 Å². The van der Waals surface area contributed by atoms with Gasteiger partial charge in [-0.1, -0.05) is 84.9 Å². The smallest absolute Gasteiger partial charge is 0.236 e. The molecule has 0 unspecified atom stereocenters. The number of imidazole rings is 1. The summed E-state index contributed by atoms with van der Waals surface area (Å²) in [7, 11) is 2.16. The van der Waals surface area contributed by atoms with Gasteiger partial charge in [-0.05, 0) is 60.0 Å². The topological polar surface area (TPSA) is 21.7 Å². The molecule has 5 aromatic carbocycles. The average molecular weight is 509 g/mol. The zero-order valence-corrected chi connectivity index (χ0v) is 22.1. The summed E-state index contributed by atoms with van der Waals surface area (Å²) in [5.41, 5.74) is 10.6. The average Bonchev–Trinajstić information content (AvgIpc) is 3.52. The Labute approximate surface area is 225 Å². The Balaban J connectivity index is 1.42. The first-order valence-corrected chi connectivity index (χ1v) is 13.6. The van der Waals surface area contributed by atoms with E-state index in [-0.39, 0.29) is 0 Å². The van der Waals surface area contributed by atoms with E-state index in [0.717, 1.165) is 27.6 Å². The quantitative estimate of drug-likeness (QED) is 0.219. The highest BCUT2D eigenvalue weighted by Gasteiger charge is 2.27. The van der Waals surface area contributed by atoms with Crippen LogP contribution in [0.25, 0.3) is 60.0 Å². The lowest BCUT2D eigenvalue weighted by Gasteiger charge is -2.08. The first-order chi connectivity index (χ1) is 18.7. The predicted molar refractivity (Wildman–Crippen MR) is 159 cm³/mol. The van der Waals surface area contributed by atoms with Gasteiger partial charge >= 0.3 is 0 Å². The molecule has 0 radical (unpaired) electrons. The Hall–Kier alpha value is -4.54. The summed E-state index contributed by atoms with van der Waals surface area (Å²) in [5.74, 6) is 1.15. The number of aryl methyl sites for hydroxylation is 2. The normalized spacial score (nSPS) is 11.4. The lowest BCUT2D eigenvalue weighted by Crippen LogP contribution is -2.30. The fourth-order valence-electron chi connectivity index (χ4n) is 5.33. The highest BCUT2D eigenvalue weighted by molar-refractivity contribution is 7.21. The Morgan fingerprint density at radius 2 is 1.32 bits per heavy atom. The van der Waals surface area contributed by atoms with Gasteiger partial charge in [-0.15, -0.1) is 11.3 Å². The van der Waals surface area contributed by atoms with E-state index in [1.807, 2.05) is 6.07 Å². The number of thiazole rings is 1. The summed E-state index contributed by atoms with van der Waals surface area (Å²) in [6.45, 7) is 2.21. The van der Waals surface area contributed by atoms with E-state index in [1.165, 1.54) is 38.0 Å². The number of nitrogens with zero attached hydrogens (tertiary/aromatic N) is 3. The fraction of sp³-hybridized carbons (Fsp3) is 0.0588. The number of hydrogen-bond acceptors (Lipinski definition) is 2. The Bertz CT molecular complexity index is 1910. The summed E-state index contributed by atoms with van der Waals surface area (Å²) in [6.07, 6.45) is 0. The molecule has 0 bridgehead atoms. The molecule has 0 N–H and O–H groups in total. The molecule has 2 heterocycles. The molecule has 3 nitrogen and oxygen atoms in total. The Morgan fingerprint density at radius 1 is 0.684 bits per heavy atom. The van der Waals surface area contributed by atoms with Gasteiger partial charge in [0.25, 0.3) is 5.82 Å². The number of fused-ring (bicyclic) bond motifs is 2. The standard InChI is InChI=1S/C34H26N3S/c1-23-21-32-29(35-33(38-32)26-13-7-4-8-14-26)22-28(23)34-36(2)30-15-9-10-16-31(30)37(34)27-19-17-25(18-20-27)24-11-5-3-6-12-24/h3-22H,1-2H3/q+1. The molecule has 7 aromatic rings. The molecule has 0 saturated carbocycles. The van der Waals surface area contributed by atoms with E-state index in [1.54, 1.807) is 11.3 Å². The molecule has 4 heteroatoms. The molecule has 0 aliphatic carbocycles. The van der Waals surface area contributed by atoms with Crippen LogP contribution in [-0.2, 0) is 7.05 Å². The molecule has 2 aromatic heterocycles. The van der Waals surface area contributed by atoms with Crippen LogP contribution < -0.4 is 4.57 Å². The van der Waals surface area contributed by atoms with Crippen LogP contribution in [-0.4, -0.2) is 9.55 Å². The number of rotatable bonds is 4. The number of hydrogen-bond donors (Lipinski definition) is 0. The second kappa shape index (κ2) is 9.09. The lowest BCUT2D eigenvalue weighted by molar-refractivity contribution is -0.633. The summed E-state index contributed by atoms with van der Waals surface area (Å²) >= 11 is 1.75. The van der Waals surface area contributed by atoms with E-state index in [0.29, 0.717) is 0 Å². The fourth-order valence-corrected chi connectivity index (χ4v) is 6.38. The molecule has 0 aliphatic rings. The third-order valence-corrected chi connectivity index (χ3v) is 8.31. The predicted octanol–water partition coefficient (Wildman–Crippen LogP) is 8.37. The van der Waals surface area contributed by atoms with Crippen molar-refractivity contribution in [2.24, 2.45) is 7.05 Å². The zero-order valence-electron chi connectivity index (χ0n) is 21.3. The number of para-hydroxylation sites is 2. The van der Waals surface area contributed by atoms with Gasteiger partial charge in [-0.25, -0.2) is 9.55 Å². The SMILES string of the molecule is Cc1cc2sc(-c3ccccc3)nc2cc1-c1n(-c2ccc(-c3ccccc3)cc2)c2ccccc2[n+]1C. The zero-order chi connectivity index (χ0) is 25.6. The maximum atomic E-state index is 5.04. The monoisotopic (exact) mass is 508 g/mol. The summed E-state index contributed by atoms with van der Waals surface area (Å²) in [4.78, 5) is 5.04. The maximum absolute atomic E-state index is 5.04. The molecule has 38 heavy (non-hydrogen) atoms. The van der Waals surface area contributed by atoms with Gasteiger partial charge in [-0.3, -0.25) is 0 Å². The van der Waals surface area contributed by atoms with Crippen molar-refractivity contribution in [2.45, 2.75) is 6.92 Å². The second-order valence-corrected chi connectivity index (χ2v) is 10.7. The van der Waals surface area contributed by atoms with Crippen LogP contribution in [0.1, 0.15) is 5.56 Å². The van der Waals surface area contributed by atoms with Gasteiger partial charge in [-0.2, -0.15) is 4.57 Å². The number of benzene rings is 5. The van der Waals surface area contributed by atoms with Crippen LogP contribution in [0.2, 0.25) is 0 Å². The minimum absolute atomic E-state index is 1.03. The van der Waals surface area contributed by atoms with Gasteiger partial charge in [0.2, 0.25) is 0 Å². The maximum Gasteiger partial charge on any atom is 0.295 e. The molecule has 0 spiro atoms. The van der Waals surface area contributed by atoms with Crippen molar-refractivity contribution in [3.05, 3.63) is 127 Å². The van der Waals surface area contributed by atoms with Gasteiger partial charge < -0.3 is 0 Å². The molecule has 0 fully saturated rings. The summed E-state index contributed by atoms with van der Waals surface area (Å²) < 4.78 is 5.89. The van der Waals surface area contributed by atoms with Crippen molar-refractivity contribution in [1.29, 1.82) is 0 Å². The molecular formula is C34H26N3S+. The summed E-state index contributed by atoms with van der Waals surface area (Å²) in [5, 5.41) is 1.05. The van der Waals surface area contributed by atoms with Gasteiger partial charge in [0.05, 0.1) is 22.8 Å². The van der Waals surface area contributed by atoms with Crippen molar-refractivity contribution < 1.29 is 4.57 Å². The molecule has 0 aliphatic heterocycles. The van der Waals surface area contributed by atoms with Gasteiger partial charge in [0.15, 0.2) is 11.0 Å². The number of aromatic nitrogens is 3. The van der Waals surface area contributed by atoms with Crippen LogP contribution in [0.3, 0.4) is 0 Å². The first-order valence-electron chi connectivity index (χ1n) is 12.8. The highest BCUT2D eigenvalue weighted by Crippen LogP contribution is 2.36. The lowest BCUT2D eigenvalue weighted by atomic mass is 10.0. The molecular weight excluding hydrogens is 482 g/mol. The van der Waals surface area contributed by atoms with Crippen LogP contribution in [0.4, 0.5) is 0 Å². The highest BCUT2D eigenvalue weighted by atomic mass is 32.1. The molecule has 0 amide bonds. The van der Waals surface area contributed by atoms with E-state index >= 15 is 0 Å². The molecule has 7 rings (SSSR count). The Morgan fingerprint density at radius 3 is 2.05 bits per heavy atom. The third-order valence-electron chi connectivity index (χ3n) is 7.24. The van der Waals surface area contributed by atoms with Crippen LogP contribution in [0, 0.1) is 6.92 Å². The van der Waals surface area contributed by atoms with Crippen molar-refractivity contribution in [1.82, 2.24) is 9.55 Å². The molecule has 182 valence electrons. The minimum atomic E-state index is 1.03. The van der Waals surface area contributed by atoms with Crippen LogP contribution in [0.5, 0.6) is 0 Å². The van der Waals surface area contributed by atoms with Crippen molar-refractivity contribution >= 4 is 32.6 Å². The van der Waals surface area contributed by atoms with Crippen molar-refractivity contribution in [3.8, 4) is 38.8 Å². The van der Waals surface area contributed by atoms with E-state index in [2.05, 4.69) is 138 Å². The Kier molecular flexibility index (Phi) is 5.41. The second-order valence-electron chi connectivity index (χ2n) is 9.64. The van der Waals surface area contributed by atoms with Crippen LogP contribution >= 0.6 is 11.3 Å². The third kappa shape index (κ3) is 3.73. The molecule has 0 saturated heterocycles. The molecule has 0 atom stereocenters. The van der Waals surface area contributed by atoms with Crippen molar-refractivity contribution in [2.75, 3.05) is 0 Å².